The normalized spacial score (nSPS) is 16.9. The number of nitrogens with zero attached hydrogens (tertiary/aromatic N) is 2. The predicted molar refractivity (Wildman–Crippen MR) is 61.5 cm³/mol. The van der Waals surface area contributed by atoms with Crippen LogP contribution in [0.2, 0.25) is 0 Å². The van der Waals surface area contributed by atoms with E-state index in [0.717, 1.165) is 37.4 Å². The van der Waals surface area contributed by atoms with Crippen molar-refractivity contribution in [3.05, 3.63) is 18.2 Å². The van der Waals surface area contributed by atoms with Gasteiger partial charge in [-0.3, -0.25) is 0 Å². The highest BCUT2D eigenvalue weighted by Gasteiger charge is 2.16. The Hall–Kier alpha value is -1.75. The van der Waals surface area contributed by atoms with Gasteiger partial charge >= 0.3 is 0 Å². The smallest absolute Gasteiger partial charge is 0.298 e. The lowest BCUT2D eigenvalue weighted by Gasteiger charge is -2.24. The standard InChI is InChI=1S/C11H13N3O2/c12-8-1-2-10-9(7-8)13-11(16-10)14-3-5-15-6-4-14/h1-2,7H,3-6,12H2. The van der Waals surface area contributed by atoms with Gasteiger partial charge in [0.15, 0.2) is 5.58 Å². The minimum atomic E-state index is 0.656. The van der Waals surface area contributed by atoms with Crippen molar-refractivity contribution in [2.75, 3.05) is 36.9 Å². The average molecular weight is 219 g/mol. The molecule has 5 heteroatoms. The number of aromatic nitrogens is 1. The summed E-state index contributed by atoms with van der Waals surface area (Å²) in [5.41, 5.74) is 7.98. The molecule has 1 aromatic carbocycles. The summed E-state index contributed by atoms with van der Waals surface area (Å²) in [6.45, 7) is 3.09. The van der Waals surface area contributed by atoms with Crippen LogP contribution in [-0.2, 0) is 4.74 Å². The Kier molecular flexibility index (Phi) is 2.18. The number of anilines is 2. The number of hydrogen-bond acceptors (Lipinski definition) is 5. The summed E-state index contributed by atoms with van der Waals surface area (Å²) in [4.78, 5) is 6.50. The number of fused-ring (bicyclic) bond motifs is 1. The SMILES string of the molecule is Nc1ccc2oc(N3CCOCC3)nc2c1. The quantitative estimate of drug-likeness (QED) is 0.731. The molecule has 0 aliphatic carbocycles. The Labute approximate surface area is 92.8 Å². The molecule has 0 spiro atoms. The molecule has 1 fully saturated rings. The van der Waals surface area contributed by atoms with E-state index in [-0.39, 0.29) is 0 Å². The van der Waals surface area contributed by atoms with E-state index in [4.69, 9.17) is 14.9 Å². The van der Waals surface area contributed by atoms with Gasteiger partial charge < -0.3 is 19.8 Å². The third-order valence-electron chi connectivity index (χ3n) is 2.68. The van der Waals surface area contributed by atoms with Crippen molar-refractivity contribution in [1.29, 1.82) is 0 Å². The lowest BCUT2D eigenvalue weighted by Crippen LogP contribution is -2.36. The molecule has 16 heavy (non-hydrogen) atoms. The van der Waals surface area contributed by atoms with Gasteiger partial charge in [0.1, 0.15) is 5.52 Å². The summed E-state index contributed by atoms with van der Waals surface area (Å²) in [6.07, 6.45) is 0. The van der Waals surface area contributed by atoms with Crippen molar-refractivity contribution >= 4 is 22.8 Å². The zero-order chi connectivity index (χ0) is 11.0. The van der Waals surface area contributed by atoms with E-state index in [1.54, 1.807) is 0 Å². The van der Waals surface area contributed by atoms with Crippen molar-refractivity contribution in [3.63, 3.8) is 0 Å². The maximum Gasteiger partial charge on any atom is 0.298 e. The first-order valence-corrected chi connectivity index (χ1v) is 5.32. The van der Waals surface area contributed by atoms with E-state index < -0.39 is 0 Å². The van der Waals surface area contributed by atoms with Crippen LogP contribution in [0.15, 0.2) is 22.6 Å². The summed E-state index contributed by atoms with van der Waals surface area (Å²) >= 11 is 0. The number of ether oxygens (including phenoxy) is 1. The Morgan fingerprint density at radius 1 is 1.25 bits per heavy atom. The van der Waals surface area contributed by atoms with Crippen LogP contribution in [0, 0.1) is 0 Å². The molecule has 1 aromatic heterocycles. The molecule has 0 atom stereocenters. The highest BCUT2D eigenvalue weighted by molar-refractivity contribution is 5.78. The molecule has 1 aliphatic rings. The number of oxazole rings is 1. The average Bonchev–Trinajstić information content (AvgIpc) is 2.73. The Morgan fingerprint density at radius 2 is 2.06 bits per heavy atom. The molecule has 84 valence electrons. The van der Waals surface area contributed by atoms with Crippen LogP contribution in [0.4, 0.5) is 11.7 Å². The van der Waals surface area contributed by atoms with Crippen LogP contribution in [-0.4, -0.2) is 31.3 Å². The molecule has 0 bridgehead atoms. The van der Waals surface area contributed by atoms with Crippen molar-refractivity contribution < 1.29 is 9.15 Å². The van der Waals surface area contributed by atoms with Gasteiger partial charge in [0.25, 0.3) is 6.01 Å². The molecule has 1 saturated heterocycles. The van der Waals surface area contributed by atoms with E-state index in [2.05, 4.69) is 9.88 Å². The molecular weight excluding hydrogens is 206 g/mol. The fourth-order valence-corrected chi connectivity index (χ4v) is 1.82. The molecule has 3 rings (SSSR count). The second kappa shape index (κ2) is 3.68. The Morgan fingerprint density at radius 3 is 2.88 bits per heavy atom. The van der Waals surface area contributed by atoms with Crippen LogP contribution in [0.5, 0.6) is 0 Å². The van der Waals surface area contributed by atoms with Gasteiger partial charge in [0.2, 0.25) is 0 Å². The molecule has 2 heterocycles. The monoisotopic (exact) mass is 219 g/mol. The van der Waals surface area contributed by atoms with Crippen molar-refractivity contribution in [2.24, 2.45) is 0 Å². The summed E-state index contributed by atoms with van der Waals surface area (Å²) in [6, 6.07) is 6.14. The van der Waals surface area contributed by atoms with Gasteiger partial charge in [-0.25, -0.2) is 0 Å². The molecule has 0 saturated carbocycles. The third kappa shape index (κ3) is 1.59. The summed E-state index contributed by atoms with van der Waals surface area (Å²) in [5.74, 6) is 0. The highest BCUT2D eigenvalue weighted by Crippen LogP contribution is 2.23. The molecule has 0 unspecified atom stereocenters. The highest BCUT2D eigenvalue weighted by atomic mass is 16.5. The van der Waals surface area contributed by atoms with Gasteiger partial charge in [-0.15, -0.1) is 0 Å². The summed E-state index contributed by atoms with van der Waals surface area (Å²) in [5, 5.41) is 0. The maximum atomic E-state index is 5.70. The van der Waals surface area contributed by atoms with Crippen molar-refractivity contribution in [1.82, 2.24) is 4.98 Å². The third-order valence-corrected chi connectivity index (χ3v) is 2.68. The molecule has 5 nitrogen and oxygen atoms in total. The molecule has 2 aromatic rings. The minimum absolute atomic E-state index is 0.656. The maximum absolute atomic E-state index is 5.70. The van der Waals surface area contributed by atoms with Crippen LogP contribution in [0.1, 0.15) is 0 Å². The molecular formula is C11H13N3O2. The van der Waals surface area contributed by atoms with E-state index in [1.165, 1.54) is 0 Å². The van der Waals surface area contributed by atoms with Gasteiger partial charge in [-0.2, -0.15) is 4.98 Å². The topological polar surface area (TPSA) is 64.5 Å². The van der Waals surface area contributed by atoms with Crippen molar-refractivity contribution in [3.8, 4) is 0 Å². The van der Waals surface area contributed by atoms with Crippen LogP contribution in [0.3, 0.4) is 0 Å². The number of morpholine rings is 1. The summed E-state index contributed by atoms with van der Waals surface area (Å²) in [7, 11) is 0. The van der Waals surface area contributed by atoms with E-state index in [1.807, 2.05) is 18.2 Å². The fourth-order valence-electron chi connectivity index (χ4n) is 1.82. The minimum Gasteiger partial charge on any atom is -0.423 e. The number of hydrogen-bond donors (Lipinski definition) is 1. The number of nitrogens with two attached hydrogens (primary N) is 1. The second-order valence-electron chi connectivity index (χ2n) is 3.82. The van der Waals surface area contributed by atoms with Crippen LogP contribution in [0.25, 0.3) is 11.1 Å². The predicted octanol–water partition coefficient (Wildman–Crippen LogP) is 1.25. The van der Waals surface area contributed by atoms with Gasteiger partial charge in [0.05, 0.1) is 13.2 Å². The number of rotatable bonds is 1. The molecule has 1 aliphatic heterocycles. The lowest BCUT2D eigenvalue weighted by atomic mass is 10.3. The van der Waals surface area contributed by atoms with Crippen LogP contribution < -0.4 is 10.6 Å². The zero-order valence-electron chi connectivity index (χ0n) is 8.85. The second-order valence-corrected chi connectivity index (χ2v) is 3.82. The largest absolute Gasteiger partial charge is 0.423 e. The fraction of sp³-hybridized carbons (Fsp3) is 0.364. The number of nitrogen functional groups attached to an aromatic ring is 1. The first-order chi connectivity index (χ1) is 7.83. The number of benzene rings is 1. The Balaban J connectivity index is 1.97. The van der Waals surface area contributed by atoms with E-state index >= 15 is 0 Å². The van der Waals surface area contributed by atoms with Gasteiger partial charge in [-0.1, -0.05) is 0 Å². The van der Waals surface area contributed by atoms with Gasteiger partial charge in [-0.05, 0) is 18.2 Å². The first kappa shape index (κ1) is 9.47. The van der Waals surface area contributed by atoms with Gasteiger partial charge in [0, 0.05) is 18.8 Å². The first-order valence-electron chi connectivity index (χ1n) is 5.32. The molecule has 0 amide bonds. The molecule has 0 radical (unpaired) electrons. The Bertz CT molecular complexity index is 503. The molecule has 2 N–H and O–H groups in total. The zero-order valence-corrected chi connectivity index (χ0v) is 8.85. The lowest BCUT2D eigenvalue weighted by molar-refractivity contribution is 0.120. The van der Waals surface area contributed by atoms with E-state index in [9.17, 15) is 0 Å². The summed E-state index contributed by atoms with van der Waals surface area (Å²) < 4.78 is 10.9. The van der Waals surface area contributed by atoms with Crippen molar-refractivity contribution in [2.45, 2.75) is 0 Å². The van der Waals surface area contributed by atoms with E-state index in [0.29, 0.717) is 11.7 Å². The van der Waals surface area contributed by atoms with Crippen LogP contribution >= 0.6 is 0 Å².